The monoisotopic (exact) mass is 458 g/mol. The van der Waals surface area contributed by atoms with Crippen molar-refractivity contribution in [2.24, 2.45) is 0 Å². The maximum Gasteiger partial charge on any atom is 0.265 e. The number of carbonyl (C=O) groups excluding carboxylic acids is 2. The highest BCUT2D eigenvalue weighted by Crippen LogP contribution is 2.26. The summed E-state index contributed by atoms with van der Waals surface area (Å²) in [4.78, 5) is 24.9. The Bertz CT molecular complexity index is 1090. The molecule has 0 saturated heterocycles. The van der Waals surface area contributed by atoms with Gasteiger partial charge >= 0.3 is 0 Å². The van der Waals surface area contributed by atoms with Crippen LogP contribution in [0.1, 0.15) is 17.3 Å². The number of hydrogen-bond acceptors (Lipinski definition) is 4. The highest BCUT2D eigenvalue weighted by Gasteiger charge is 2.17. The highest BCUT2D eigenvalue weighted by atomic mass is 35.5. The molecule has 0 aliphatic carbocycles. The molecule has 3 aromatic rings. The Hall–Kier alpha value is -3.22. The van der Waals surface area contributed by atoms with Gasteiger partial charge in [0.2, 0.25) is 0 Å². The van der Waals surface area contributed by atoms with Gasteiger partial charge in [0, 0.05) is 10.7 Å². The Balaban J connectivity index is 1.59. The summed E-state index contributed by atoms with van der Waals surface area (Å²) in [5, 5.41) is 6.31. The summed E-state index contributed by atoms with van der Waals surface area (Å²) in [6, 6.07) is 18.4. The van der Waals surface area contributed by atoms with E-state index in [1.165, 1.54) is 7.11 Å². The fourth-order valence-corrected chi connectivity index (χ4v) is 3.19. The second-order valence-corrected chi connectivity index (χ2v) is 7.40. The summed E-state index contributed by atoms with van der Waals surface area (Å²) in [6.45, 7) is 1.62. The molecule has 1 atom stereocenters. The average molecular weight is 459 g/mol. The van der Waals surface area contributed by atoms with Crippen LogP contribution in [-0.4, -0.2) is 25.0 Å². The van der Waals surface area contributed by atoms with E-state index in [4.69, 9.17) is 32.7 Å². The zero-order valence-corrected chi connectivity index (χ0v) is 18.3. The van der Waals surface area contributed by atoms with Crippen LogP contribution in [0.4, 0.5) is 11.4 Å². The predicted molar refractivity (Wildman–Crippen MR) is 123 cm³/mol. The van der Waals surface area contributed by atoms with Crippen molar-refractivity contribution in [3.05, 3.63) is 82.3 Å². The topological polar surface area (TPSA) is 76.7 Å². The van der Waals surface area contributed by atoms with E-state index in [9.17, 15) is 9.59 Å². The third-order valence-corrected chi connectivity index (χ3v) is 4.88. The molecule has 8 heteroatoms. The molecule has 31 heavy (non-hydrogen) atoms. The van der Waals surface area contributed by atoms with E-state index in [-0.39, 0.29) is 11.8 Å². The van der Waals surface area contributed by atoms with Crippen molar-refractivity contribution < 1.29 is 19.1 Å². The van der Waals surface area contributed by atoms with Gasteiger partial charge in [0.25, 0.3) is 11.8 Å². The minimum Gasteiger partial charge on any atom is -0.496 e. The number of carbonyl (C=O) groups is 2. The van der Waals surface area contributed by atoms with E-state index in [0.29, 0.717) is 38.5 Å². The second kappa shape index (κ2) is 10.2. The van der Waals surface area contributed by atoms with Gasteiger partial charge in [-0.3, -0.25) is 9.59 Å². The van der Waals surface area contributed by atoms with Crippen molar-refractivity contribution in [1.29, 1.82) is 0 Å². The van der Waals surface area contributed by atoms with Crippen molar-refractivity contribution in [3.63, 3.8) is 0 Å². The van der Waals surface area contributed by atoms with E-state index in [2.05, 4.69) is 10.6 Å². The maximum absolute atomic E-state index is 12.5. The van der Waals surface area contributed by atoms with Crippen LogP contribution in [0.25, 0.3) is 0 Å². The third-order valence-electron chi connectivity index (χ3n) is 4.33. The van der Waals surface area contributed by atoms with Crippen molar-refractivity contribution in [1.82, 2.24) is 0 Å². The number of rotatable bonds is 7. The molecule has 0 aliphatic rings. The first-order chi connectivity index (χ1) is 14.9. The standard InChI is InChI=1S/C23H20Cl2N2O4/c1-14(22(28)27-20-12-7-15(24)13-19(20)25)31-17-10-8-16(9-11-17)26-23(29)18-5-3-4-6-21(18)30-2/h3-14H,1-2H3,(H,26,29)(H,27,28). The van der Waals surface area contributed by atoms with Crippen LogP contribution in [0.15, 0.2) is 66.7 Å². The molecule has 0 radical (unpaired) electrons. The van der Waals surface area contributed by atoms with Crippen LogP contribution in [-0.2, 0) is 4.79 Å². The van der Waals surface area contributed by atoms with Gasteiger partial charge in [0.05, 0.1) is 23.4 Å². The van der Waals surface area contributed by atoms with Gasteiger partial charge in [-0.15, -0.1) is 0 Å². The number of nitrogens with one attached hydrogen (secondary N) is 2. The quantitative estimate of drug-likeness (QED) is 0.478. The minimum atomic E-state index is -0.777. The van der Waals surface area contributed by atoms with Gasteiger partial charge in [-0.2, -0.15) is 0 Å². The summed E-state index contributed by atoms with van der Waals surface area (Å²) >= 11 is 11.9. The molecule has 160 valence electrons. The molecule has 0 fully saturated rings. The molecule has 0 bridgehead atoms. The Morgan fingerprint density at radius 2 is 1.65 bits per heavy atom. The Kier molecular flexibility index (Phi) is 7.39. The lowest BCUT2D eigenvalue weighted by atomic mass is 10.2. The summed E-state index contributed by atoms with van der Waals surface area (Å²) < 4.78 is 10.9. The molecule has 0 spiro atoms. The first-order valence-electron chi connectivity index (χ1n) is 9.34. The Morgan fingerprint density at radius 1 is 0.935 bits per heavy atom. The predicted octanol–water partition coefficient (Wildman–Crippen LogP) is 5.66. The summed E-state index contributed by atoms with van der Waals surface area (Å²) in [6.07, 6.45) is -0.777. The molecule has 2 N–H and O–H groups in total. The lowest BCUT2D eigenvalue weighted by Crippen LogP contribution is -2.30. The maximum atomic E-state index is 12.5. The number of amides is 2. The van der Waals surface area contributed by atoms with Crippen molar-refractivity contribution >= 4 is 46.4 Å². The van der Waals surface area contributed by atoms with E-state index in [1.54, 1.807) is 73.7 Å². The number of halogens is 2. The molecule has 6 nitrogen and oxygen atoms in total. The number of benzene rings is 3. The molecule has 1 unspecified atom stereocenters. The minimum absolute atomic E-state index is 0.293. The first-order valence-corrected chi connectivity index (χ1v) is 10.1. The lowest BCUT2D eigenvalue weighted by Gasteiger charge is -2.16. The van der Waals surface area contributed by atoms with Crippen LogP contribution in [0.2, 0.25) is 10.0 Å². The molecule has 0 aliphatic heterocycles. The Morgan fingerprint density at radius 3 is 2.32 bits per heavy atom. The highest BCUT2D eigenvalue weighted by molar-refractivity contribution is 6.36. The van der Waals surface area contributed by atoms with E-state index >= 15 is 0 Å². The van der Waals surface area contributed by atoms with Crippen molar-refractivity contribution in [2.75, 3.05) is 17.7 Å². The van der Waals surface area contributed by atoms with Crippen molar-refractivity contribution in [3.8, 4) is 11.5 Å². The van der Waals surface area contributed by atoms with Gasteiger partial charge in [-0.25, -0.2) is 0 Å². The molecular formula is C23H20Cl2N2O4. The van der Waals surface area contributed by atoms with Gasteiger partial charge < -0.3 is 20.1 Å². The van der Waals surface area contributed by atoms with E-state index < -0.39 is 6.10 Å². The van der Waals surface area contributed by atoms with Gasteiger partial charge in [-0.05, 0) is 61.5 Å². The molecule has 0 heterocycles. The number of hydrogen-bond donors (Lipinski definition) is 2. The number of methoxy groups -OCH3 is 1. The molecule has 2 amide bonds. The van der Waals surface area contributed by atoms with Gasteiger partial charge in [-0.1, -0.05) is 35.3 Å². The van der Waals surface area contributed by atoms with Crippen LogP contribution in [0.5, 0.6) is 11.5 Å². The lowest BCUT2D eigenvalue weighted by molar-refractivity contribution is -0.122. The Labute approximate surface area is 190 Å². The van der Waals surface area contributed by atoms with Crippen LogP contribution in [0.3, 0.4) is 0 Å². The molecule has 0 aromatic heterocycles. The molecule has 0 saturated carbocycles. The summed E-state index contributed by atoms with van der Waals surface area (Å²) in [7, 11) is 1.51. The van der Waals surface area contributed by atoms with E-state index in [0.717, 1.165) is 0 Å². The summed E-state index contributed by atoms with van der Waals surface area (Å²) in [5.74, 6) is 0.303. The van der Waals surface area contributed by atoms with Gasteiger partial charge in [0.1, 0.15) is 11.5 Å². The molecule has 3 aromatic carbocycles. The largest absolute Gasteiger partial charge is 0.496 e. The smallest absolute Gasteiger partial charge is 0.265 e. The van der Waals surface area contributed by atoms with Crippen LogP contribution in [0, 0.1) is 0 Å². The normalized spacial score (nSPS) is 11.4. The third kappa shape index (κ3) is 5.90. The van der Waals surface area contributed by atoms with Gasteiger partial charge in [0.15, 0.2) is 6.10 Å². The fraction of sp³-hybridized carbons (Fsp3) is 0.130. The zero-order chi connectivity index (χ0) is 22.4. The first kappa shape index (κ1) is 22.5. The SMILES string of the molecule is COc1ccccc1C(=O)Nc1ccc(OC(C)C(=O)Nc2ccc(Cl)cc2Cl)cc1. The number of ether oxygens (including phenoxy) is 2. The second-order valence-electron chi connectivity index (χ2n) is 6.55. The zero-order valence-electron chi connectivity index (χ0n) is 16.8. The van der Waals surface area contributed by atoms with Crippen molar-refractivity contribution in [2.45, 2.75) is 13.0 Å². The number of anilines is 2. The number of para-hydroxylation sites is 1. The van der Waals surface area contributed by atoms with E-state index in [1.807, 2.05) is 0 Å². The fourth-order valence-electron chi connectivity index (χ4n) is 2.73. The summed E-state index contributed by atoms with van der Waals surface area (Å²) in [5.41, 5.74) is 1.45. The van der Waals surface area contributed by atoms with Crippen LogP contribution < -0.4 is 20.1 Å². The molecular weight excluding hydrogens is 439 g/mol. The molecule has 3 rings (SSSR count). The van der Waals surface area contributed by atoms with Crippen LogP contribution >= 0.6 is 23.2 Å². The average Bonchev–Trinajstić information content (AvgIpc) is 2.76.